The molecule has 1 fully saturated rings. The Morgan fingerprint density at radius 2 is 1.71 bits per heavy atom. The highest BCUT2D eigenvalue weighted by Gasteiger charge is 2.27. The van der Waals surface area contributed by atoms with E-state index in [1.165, 1.54) is 0 Å². The van der Waals surface area contributed by atoms with Crippen molar-refractivity contribution in [1.82, 2.24) is 15.0 Å². The van der Waals surface area contributed by atoms with Gasteiger partial charge in [-0.15, -0.1) is 0 Å². The number of piperazine rings is 1. The molecule has 1 saturated heterocycles. The SMILES string of the molecule is CC(C)(C(N)=O)c1ccc(N2CCN(c3ccc(-c4nc5ccc(Cl)cc5[nH]4)cn3)CC2)cc1. The molecule has 1 aliphatic heterocycles. The number of imidazole rings is 1. The van der Waals surface area contributed by atoms with Crippen molar-refractivity contribution in [3.8, 4) is 11.4 Å². The van der Waals surface area contributed by atoms with Gasteiger partial charge in [-0.05, 0) is 61.9 Å². The Morgan fingerprint density at radius 1 is 1.00 bits per heavy atom. The zero-order valence-electron chi connectivity index (χ0n) is 19.3. The van der Waals surface area contributed by atoms with Crippen LogP contribution in [0.2, 0.25) is 5.02 Å². The predicted octanol–water partition coefficient (Wildman–Crippen LogP) is 4.37. The average molecular weight is 475 g/mol. The topological polar surface area (TPSA) is 91.1 Å². The number of benzene rings is 2. The average Bonchev–Trinajstić information content (AvgIpc) is 3.27. The molecule has 1 aliphatic rings. The number of halogens is 1. The van der Waals surface area contributed by atoms with Crippen LogP contribution in [-0.4, -0.2) is 47.0 Å². The number of amides is 1. The fraction of sp³-hybridized carbons (Fsp3) is 0.269. The molecular formula is C26H27ClN6O. The van der Waals surface area contributed by atoms with Crippen molar-refractivity contribution in [2.75, 3.05) is 36.0 Å². The normalized spacial score (nSPS) is 14.6. The molecule has 3 N–H and O–H groups in total. The molecule has 174 valence electrons. The molecule has 34 heavy (non-hydrogen) atoms. The van der Waals surface area contributed by atoms with E-state index >= 15 is 0 Å². The van der Waals surface area contributed by atoms with Gasteiger partial charge >= 0.3 is 0 Å². The predicted molar refractivity (Wildman–Crippen MR) is 137 cm³/mol. The van der Waals surface area contributed by atoms with Crippen molar-refractivity contribution < 1.29 is 4.79 Å². The molecule has 4 aromatic rings. The molecule has 8 heteroatoms. The number of nitrogens with zero attached hydrogens (tertiary/aromatic N) is 4. The van der Waals surface area contributed by atoms with Gasteiger partial charge in [0.05, 0.1) is 16.4 Å². The first-order valence-corrected chi connectivity index (χ1v) is 11.7. The maximum absolute atomic E-state index is 11.7. The second-order valence-electron chi connectivity index (χ2n) is 9.16. The lowest BCUT2D eigenvalue weighted by Gasteiger charge is -2.37. The minimum atomic E-state index is -0.676. The van der Waals surface area contributed by atoms with Gasteiger partial charge in [0.25, 0.3) is 0 Å². The van der Waals surface area contributed by atoms with Crippen LogP contribution in [0.5, 0.6) is 0 Å². The summed E-state index contributed by atoms with van der Waals surface area (Å²) in [6.45, 7) is 7.25. The van der Waals surface area contributed by atoms with Crippen LogP contribution in [0.4, 0.5) is 11.5 Å². The highest BCUT2D eigenvalue weighted by molar-refractivity contribution is 6.31. The summed E-state index contributed by atoms with van der Waals surface area (Å²) in [4.78, 5) is 29.0. The van der Waals surface area contributed by atoms with Gasteiger partial charge in [-0.3, -0.25) is 4.79 Å². The largest absolute Gasteiger partial charge is 0.369 e. The van der Waals surface area contributed by atoms with Crippen LogP contribution in [0.1, 0.15) is 19.4 Å². The third kappa shape index (κ3) is 4.19. The number of carbonyl (C=O) groups is 1. The van der Waals surface area contributed by atoms with E-state index in [-0.39, 0.29) is 5.91 Å². The van der Waals surface area contributed by atoms with Crippen molar-refractivity contribution in [2.45, 2.75) is 19.3 Å². The van der Waals surface area contributed by atoms with Gasteiger partial charge in [-0.2, -0.15) is 0 Å². The first-order chi connectivity index (χ1) is 16.3. The van der Waals surface area contributed by atoms with E-state index < -0.39 is 5.41 Å². The lowest BCUT2D eigenvalue weighted by molar-refractivity contribution is -0.122. The zero-order valence-corrected chi connectivity index (χ0v) is 20.0. The van der Waals surface area contributed by atoms with Crippen molar-refractivity contribution >= 4 is 40.0 Å². The Labute approximate surface area is 203 Å². The van der Waals surface area contributed by atoms with E-state index in [0.29, 0.717) is 5.02 Å². The fourth-order valence-electron chi connectivity index (χ4n) is 4.26. The summed E-state index contributed by atoms with van der Waals surface area (Å²) in [5.74, 6) is 1.42. The van der Waals surface area contributed by atoms with Gasteiger partial charge < -0.3 is 20.5 Å². The molecular weight excluding hydrogens is 448 g/mol. The van der Waals surface area contributed by atoms with Crippen molar-refractivity contribution in [3.05, 3.63) is 71.4 Å². The summed E-state index contributed by atoms with van der Waals surface area (Å²) in [6.07, 6.45) is 1.86. The van der Waals surface area contributed by atoms with Crippen LogP contribution in [0, 0.1) is 0 Å². The lowest BCUT2D eigenvalue weighted by atomic mass is 9.84. The standard InChI is InChI=1S/C26H27ClN6O/c1-26(2,25(28)34)18-4-7-20(8-5-18)32-11-13-33(14-12-32)23-10-3-17(16-29-23)24-30-21-9-6-19(27)15-22(21)31-24/h3-10,15-16H,11-14H2,1-2H3,(H2,28,34)(H,30,31). The van der Waals surface area contributed by atoms with E-state index in [9.17, 15) is 4.79 Å². The molecule has 0 radical (unpaired) electrons. The quantitative estimate of drug-likeness (QED) is 0.448. The number of anilines is 2. The number of primary amides is 1. The molecule has 2 aromatic carbocycles. The van der Waals surface area contributed by atoms with Crippen LogP contribution in [0.25, 0.3) is 22.4 Å². The van der Waals surface area contributed by atoms with Crippen molar-refractivity contribution in [2.24, 2.45) is 5.73 Å². The third-order valence-electron chi connectivity index (χ3n) is 6.64. The van der Waals surface area contributed by atoms with Gasteiger partial charge in [-0.25, -0.2) is 9.97 Å². The van der Waals surface area contributed by atoms with E-state index in [4.69, 9.17) is 22.3 Å². The van der Waals surface area contributed by atoms with Crippen LogP contribution in [0.3, 0.4) is 0 Å². The van der Waals surface area contributed by atoms with Crippen LogP contribution in [-0.2, 0) is 10.2 Å². The molecule has 0 atom stereocenters. The van der Waals surface area contributed by atoms with E-state index in [2.05, 4.69) is 31.9 Å². The van der Waals surface area contributed by atoms with Gasteiger partial charge in [0.15, 0.2) is 0 Å². The molecule has 3 heterocycles. The summed E-state index contributed by atoms with van der Waals surface area (Å²) in [7, 11) is 0. The van der Waals surface area contributed by atoms with Crippen LogP contribution in [0.15, 0.2) is 60.8 Å². The first-order valence-electron chi connectivity index (χ1n) is 11.3. The molecule has 0 saturated carbocycles. The lowest BCUT2D eigenvalue weighted by Crippen LogP contribution is -2.46. The maximum atomic E-state index is 11.7. The number of pyridine rings is 1. The summed E-state index contributed by atoms with van der Waals surface area (Å²) in [5.41, 5.74) is 9.68. The summed E-state index contributed by atoms with van der Waals surface area (Å²) in [6, 6.07) is 17.9. The minimum absolute atomic E-state index is 0.322. The fourth-order valence-corrected chi connectivity index (χ4v) is 4.43. The highest BCUT2D eigenvalue weighted by Crippen LogP contribution is 2.27. The molecule has 5 rings (SSSR count). The minimum Gasteiger partial charge on any atom is -0.369 e. The third-order valence-corrected chi connectivity index (χ3v) is 6.87. The van der Waals surface area contributed by atoms with E-state index in [1.807, 2.05) is 62.5 Å². The van der Waals surface area contributed by atoms with Gasteiger partial charge in [0.1, 0.15) is 11.6 Å². The van der Waals surface area contributed by atoms with E-state index in [1.54, 1.807) is 0 Å². The molecule has 7 nitrogen and oxygen atoms in total. The summed E-state index contributed by atoms with van der Waals surface area (Å²) in [5, 5.41) is 0.681. The maximum Gasteiger partial charge on any atom is 0.227 e. The van der Waals surface area contributed by atoms with Gasteiger partial charge in [-0.1, -0.05) is 23.7 Å². The number of H-pyrrole nitrogens is 1. The van der Waals surface area contributed by atoms with E-state index in [0.717, 1.165) is 65.7 Å². The van der Waals surface area contributed by atoms with Crippen molar-refractivity contribution in [3.63, 3.8) is 0 Å². The number of nitrogens with one attached hydrogen (secondary N) is 1. The number of hydrogen-bond acceptors (Lipinski definition) is 5. The number of aromatic amines is 1. The number of hydrogen-bond donors (Lipinski definition) is 2. The Morgan fingerprint density at radius 3 is 2.35 bits per heavy atom. The number of aromatic nitrogens is 3. The monoisotopic (exact) mass is 474 g/mol. The van der Waals surface area contributed by atoms with Gasteiger partial charge in [0, 0.05) is 48.6 Å². The Balaban J connectivity index is 1.23. The zero-order chi connectivity index (χ0) is 23.9. The first kappa shape index (κ1) is 22.2. The summed E-state index contributed by atoms with van der Waals surface area (Å²) >= 11 is 6.08. The van der Waals surface area contributed by atoms with Crippen LogP contribution < -0.4 is 15.5 Å². The van der Waals surface area contributed by atoms with Gasteiger partial charge in [0.2, 0.25) is 5.91 Å². The number of fused-ring (bicyclic) bond motifs is 1. The second-order valence-corrected chi connectivity index (χ2v) is 9.60. The number of rotatable bonds is 5. The Kier molecular flexibility index (Phi) is 5.65. The van der Waals surface area contributed by atoms with Crippen LogP contribution >= 0.6 is 11.6 Å². The molecule has 0 aliphatic carbocycles. The molecule has 0 spiro atoms. The smallest absolute Gasteiger partial charge is 0.227 e. The number of nitrogens with two attached hydrogens (primary N) is 1. The molecule has 1 amide bonds. The molecule has 2 aromatic heterocycles. The molecule has 0 bridgehead atoms. The number of carbonyl (C=O) groups excluding carboxylic acids is 1. The highest BCUT2D eigenvalue weighted by atomic mass is 35.5. The summed E-state index contributed by atoms with van der Waals surface area (Å²) < 4.78 is 0. The Hall–Kier alpha value is -3.58. The Bertz CT molecular complexity index is 1320. The van der Waals surface area contributed by atoms with Crippen molar-refractivity contribution in [1.29, 1.82) is 0 Å². The second kappa shape index (κ2) is 8.65. The molecule has 0 unspecified atom stereocenters.